The van der Waals surface area contributed by atoms with E-state index in [1.807, 2.05) is 49.3 Å². The van der Waals surface area contributed by atoms with Gasteiger partial charge in [0.05, 0.1) is 17.7 Å². The number of carbonyl (C=O) groups excluding carboxylic acids is 3. The minimum absolute atomic E-state index is 0.00372. The third-order valence-electron chi connectivity index (χ3n) is 7.40. The zero-order chi connectivity index (χ0) is 31.5. The molecule has 0 spiro atoms. The third kappa shape index (κ3) is 7.78. The molecule has 2 aliphatic heterocycles. The molecular formula is C29H32F6N4O4. The largest absolute Gasteiger partial charge is 0.444 e. The highest BCUT2D eigenvalue weighted by molar-refractivity contribution is 5.90. The Labute approximate surface area is 244 Å². The van der Waals surface area contributed by atoms with E-state index in [0.29, 0.717) is 31.5 Å². The number of hydrogen-bond acceptors (Lipinski definition) is 5. The molecule has 3 amide bonds. The van der Waals surface area contributed by atoms with Crippen LogP contribution in [0.2, 0.25) is 0 Å². The molecule has 2 saturated heterocycles. The normalized spacial score (nSPS) is 19.6. The number of fused-ring (bicyclic) bond motifs is 1. The van der Waals surface area contributed by atoms with Crippen LogP contribution in [-0.4, -0.2) is 83.4 Å². The predicted octanol–water partition coefficient (Wildman–Crippen LogP) is 4.97. The van der Waals surface area contributed by atoms with Crippen molar-refractivity contribution in [3.63, 3.8) is 0 Å². The molecule has 14 heteroatoms. The zero-order valence-corrected chi connectivity index (χ0v) is 23.6. The van der Waals surface area contributed by atoms with Gasteiger partial charge in [-0.25, -0.2) is 4.79 Å². The maximum absolute atomic E-state index is 13.6. The van der Waals surface area contributed by atoms with Gasteiger partial charge >= 0.3 is 18.4 Å². The standard InChI is InChI=1S/C29H32F6N4O4/c1-36(2)11-6-9-23-26(41)37(16-19-7-4-3-5-8-19)17-24-38(12-10-25(40)39(23)24)27(42)43-18-20-13-21(28(30,31)32)15-22(14-20)29(33,34)35/h3-5,7-8,13-15,23-24H,6,9-12,16-18H2,1-2H3/t23-,24+/m0/s1. The van der Waals surface area contributed by atoms with Crippen LogP contribution in [0.3, 0.4) is 0 Å². The summed E-state index contributed by atoms with van der Waals surface area (Å²) in [5, 5.41) is 0. The average Bonchev–Trinajstić information content (AvgIpc) is 2.93. The van der Waals surface area contributed by atoms with Crippen molar-refractivity contribution in [2.24, 2.45) is 0 Å². The second-order valence-electron chi connectivity index (χ2n) is 10.9. The highest BCUT2D eigenvalue weighted by Gasteiger charge is 2.49. The van der Waals surface area contributed by atoms with Gasteiger partial charge < -0.3 is 19.4 Å². The fourth-order valence-corrected chi connectivity index (χ4v) is 5.35. The smallest absolute Gasteiger partial charge is 0.416 e. The molecule has 0 radical (unpaired) electrons. The van der Waals surface area contributed by atoms with Gasteiger partial charge in [0, 0.05) is 19.5 Å². The highest BCUT2D eigenvalue weighted by Crippen LogP contribution is 2.37. The van der Waals surface area contributed by atoms with Crippen molar-refractivity contribution in [2.45, 2.75) is 57.0 Å². The first-order chi connectivity index (χ1) is 20.1. The molecule has 2 aromatic rings. The minimum atomic E-state index is -5.05. The summed E-state index contributed by atoms with van der Waals surface area (Å²) in [6, 6.07) is 9.26. The molecule has 43 heavy (non-hydrogen) atoms. The summed E-state index contributed by atoms with van der Waals surface area (Å²) in [4.78, 5) is 46.1. The van der Waals surface area contributed by atoms with E-state index in [-0.39, 0.29) is 43.9 Å². The Kier molecular flexibility index (Phi) is 9.57. The molecule has 2 atom stereocenters. The predicted molar refractivity (Wildman–Crippen MR) is 142 cm³/mol. The molecule has 2 fully saturated rings. The number of halogens is 6. The topological polar surface area (TPSA) is 73.4 Å². The van der Waals surface area contributed by atoms with E-state index < -0.39 is 54.0 Å². The third-order valence-corrected chi connectivity index (χ3v) is 7.40. The summed E-state index contributed by atoms with van der Waals surface area (Å²) in [6.07, 6.45) is -11.2. The molecule has 0 saturated carbocycles. The van der Waals surface area contributed by atoms with Crippen LogP contribution in [0.1, 0.15) is 41.5 Å². The SMILES string of the molecule is CN(C)CCC[C@H]1C(=O)N(Cc2ccccc2)C[C@@H]2N(C(=O)OCc3cc(C(F)(F)F)cc(C(F)(F)F)c3)CCC(=O)N21. The van der Waals surface area contributed by atoms with Gasteiger partial charge in [-0.15, -0.1) is 0 Å². The molecule has 0 N–H and O–H groups in total. The maximum Gasteiger partial charge on any atom is 0.416 e. The Morgan fingerprint density at radius 3 is 2.16 bits per heavy atom. The number of alkyl halides is 6. The van der Waals surface area contributed by atoms with Crippen LogP contribution in [0, 0.1) is 0 Å². The van der Waals surface area contributed by atoms with E-state index in [1.54, 1.807) is 4.90 Å². The molecule has 8 nitrogen and oxygen atoms in total. The fraction of sp³-hybridized carbons (Fsp3) is 0.483. The Morgan fingerprint density at radius 1 is 0.953 bits per heavy atom. The first-order valence-electron chi connectivity index (χ1n) is 13.7. The Hall–Kier alpha value is -3.81. The van der Waals surface area contributed by atoms with Gasteiger partial charge in [-0.3, -0.25) is 14.5 Å². The Balaban J connectivity index is 1.58. The number of ether oxygens (including phenoxy) is 1. The van der Waals surface area contributed by atoms with Gasteiger partial charge in [-0.1, -0.05) is 30.3 Å². The quantitative estimate of drug-likeness (QED) is 0.393. The lowest BCUT2D eigenvalue weighted by molar-refractivity contribution is -0.169. The van der Waals surface area contributed by atoms with E-state index in [9.17, 15) is 40.7 Å². The second kappa shape index (κ2) is 12.8. The van der Waals surface area contributed by atoms with Gasteiger partial charge in [0.15, 0.2) is 0 Å². The van der Waals surface area contributed by atoms with Gasteiger partial charge in [-0.2, -0.15) is 26.3 Å². The van der Waals surface area contributed by atoms with Gasteiger partial charge in [-0.05, 0) is 62.8 Å². The van der Waals surface area contributed by atoms with Crippen molar-refractivity contribution in [2.75, 3.05) is 33.7 Å². The van der Waals surface area contributed by atoms with Crippen LogP contribution in [-0.2, 0) is 39.8 Å². The number of amides is 3. The lowest BCUT2D eigenvalue weighted by Gasteiger charge is -2.52. The van der Waals surface area contributed by atoms with Crippen molar-refractivity contribution >= 4 is 17.9 Å². The molecule has 4 rings (SSSR count). The van der Waals surface area contributed by atoms with E-state index in [4.69, 9.17) is 4.74 Å². The summed E-state index contributed by atoms with van der Waals surface area (Å²) < 4.78 is 84.9. The van der Waals surface area contributed by atoms with Crippen molar-refractivity contribution < 1.29 is 45.5 Å². The van der Waals surface area contributed by atoms with E-state index in [2.05, 4.69) is 0 Å². The van der Waals surface area contributed by atoms with Gasteiger partial charge in [0.2, 0.25) is 11.8 Å². The van der Waals surface area contributed by atoms with Gasteiger partial charge in [0.1, 0.15) is 18.8 Å². The Morgan fingerprint density at radius 2 is 1.58 bits per heavy atom. The summed E-state index contributed by atoms with van der Waals surface area (Å²) in [7, 11) is 3.75. The van der Waals surface area contributed by atoms with E-state index >= 15 is 0 Å². The van der Waals surface area contributed by atoms with Crippen LogP contribution in [0.4, 0.5) is 31.1 Å². The number of piperazine rings is 1. The summed E-state index contributed by atoms with van der Waals surface area (Å²) in [5.74, 6) is -0.601. The van der Waals surface area contributed by atoms with Crippen LogP contribution < -0.4 is 0 Å². The number of carbonyl (C=O) groups is 3. The fourth-order valence-electron chi connectivity index (χ4n) is 5.35. The second-order valence-corrected chi connectivity index (χ2v) is 10.9. The zero-order valence-electron chi connectivity index (χ0n) is 23.6. The molecule has 0 bridgehead atoms. The van der Waals surface area contributed by atoms with Crippen molar-refractivity contribution in [1.82, 2.24) is 19.6 Å². The van der Waals surface area contributed by atoms with Crippen LogP contribution in [0.15, 0.2) is 48.5 Å². The number of hydrogen-bond donors (Lipinski definition) is 0. The first kappa shape index (κ1) is 32.1. The Bertz CT molecular complexity index is 1290. The average molecular weight is 615 g/mol. The highest BCUT2D eigenvalue weighted by atomic mass is 19.4. The van der Waals surface area contributed by atoms with Gasteiger partial charge in [0.25, 0.3) is 0 Å². The van der Waals surface area contributed by atoms with E-state index in [0.717, 1.165) is 5.56 Å². The summed E-state index contributed by atoms with van der Waals surface area (Å²) >= 11 is 0. The first-order valence-corrected chi connectivity index (χ1v) is 13.7. The molecule has 0 aromatic heterocycles. The molecule has 234 valence electrons. The molecule has 0 aliphatic carbocycles. The van der Waals surface area contributed by atoms with Crippen molar-refractivity contribution in [3.8, 4) is 0 Å². The molecular weight excluding hydrogens is 582 g/mol. The maximum atomic E-state index is 13.6. The van der Waals surface area contributed by atoms with E-state index in [1.165, 1.54) is 9.80 Å². The van der Waals surface area contributed by atoms with Crippen molar-refractivity contribution in [3.05, 3.63) is 70.8 Å². The summed E-state index contributed by atoms with van der Waals surface area (Å²) in [6.45, 7) is -0.122. The lowest BCUT2D eigenvalue weighted by Crippen LogP contribution is -2.71. The minimum Gasteiger partial charge on any atom is -0.444 e. The molecule has 2 aliphatic rings. The summed E-state index contributed by atoms with van der Waals surface area (Å²) in [5.41, 5.74) is -2.71. The number of rotatable bonds is 8. The monoisotopic (exact) mass is 614 g/mol. The van der Waals surface area contributed by atoms with Crippen LogP contribution in [0.25, 0.3) is 0 Å². The lowest BCUT2D eigenvalue weighted by atomic mass is 9.99. The molecule has 2 aromatic carbocycles. The van der Waals surface area contributed by atoms with Crippen LogP contribution in [0.5, 0.6) is 0 Å². The molecule has 2 heterocycles. The molecule has 0 unspecified atom stereocenters. The number of benzene rings is 2. The van der Waals surface area contributed by atoms with Crippen molar-refractivity contribution in [1.29, 1.82) is 0 Å². The van der Waals surface area contributed by atoms with Crippen LogP contribution >= 0.6 is 0 Å². The number of nitrogens with zero attached hydrogens (tertiary/aromatic N) is 4.